The Balaban J connectivity index is 1.84. The summed E-state index contributed by atoms with van der Waals surface area (Å²) >= 11 is 6.24. The molecule has 0 aliphatic carbocycles. The molecule has 0 saturated heterocycles. The van der Waals surface area contributed by atoms with Crippen molar-refractivity contribution < 1.29 is 0 Å². The van der Waals surface area contributed by atoms with Gasteiger partial charge in [0.05, 0.1) is 16.2 Å². The van der Waals surface area contributed by atoms with Crippen LogP contribution in [0.5, 0.6) is 0 Å². The number of halogens is 1. The standard InChI is InChI=1S/C18H17ClN2/c1-12-4-3-5-16(19)18(12)20-11-14-7-9-17-15(10-14)8-6-13(2)21-17/h3-10,20H,11H2,1-2H3. The van der Waals surface area contributed by atoms with E-state index in [2.05, 4.69) is 47.6 Å². The lowest BCUT2D eigenvalue weighted by Crippen LogP contribution is -2.01. The molecule has 1 N–H and O–H groups in total. The van der Waals surface area contributed by atoms with Crippen molar-refractivity contribution in [3.8, 4) is 0 Å². The minimum absolute atomic E-state index is 0.744. The van der Waals surface area contributed by atoms with Crippen LogP contribution in [0.4, 0.5) is 5.69 Å². The summed E-state index contributed by atoms with van der Waals surface area (Å²) in [6.45, 7) is 4.81. The average molecular weight is 297 g/mol. The first kappa shape index (κ1) is 13.9. The zero-order valence-electron chi connectivity index (χ0n) is 12.2. The Morgan fingerprint density at radius 3 is 2.71 bits per heavy atom. The molecule has 1 aromatic heterocycles. The first-order valence-corrected chi connectivity index (χ1v) is 7.36. The normalized spacial score (nSPS) is 10.8. The number of pyridine rings is 1. The molecule has 0 bridgehead atoms. The summed E-state index contributed by atoms with van der Waals surface area (Å²) in [4.78, 5) is 4.52. The van der Waals surface area contributed by atoms with Crippen molar-refractivity contribution in [3.63, 3.8) is 0 Å². The smallest absolute Gasteiger partial charge is 0.0705 e. The average Bonchev–Trinajstić information content (AvgIpc) is 2.47. The van der Waals surface area contributed by atoms with E-state index in [-0.39, 0.29) is 0 Å². The van der Waals surface area contributed by atoms with Gasteiger partial charge in [-0.15, -0.1) is 0 Å². The van der Waals surface area contributed by atoms with Gasteiger partial charge in [0.25, 0.3) is 0 Å². The van der Waals surface area contributed by atoms with Crippen molar-refractivity contribution in [2.24, 2.45) is 0 Å². The third-order valence-corrected chi connectivity index (χ3v) is 3.90. The second kappa shape index (κ2) is 5.74. The fourth-order valence-corrected chi connectivity index (χ4v) is 2.72. The van der Waals surface area contributed by atoms with Crippen molar-refractivity contribution in [2.75, 3.05) is 5.32 Å². The minimum atomic E-state index is 0.744. The van der Waals surface area contributed by atoms with Crippen LogP contribution >= 0.6 is 11.6 Å². The summed E-state index contributed by atoms with van der Waals surface area (Å²) in [6, 6.07) is 16.4. The van der Waals surface area contributed by atoms with E-state index in [1.54, 1.807) is 0 Å². The highest BCUT2D eigenvalue weighted by Gasteiger charge is 2.04. The molecular weight excluding hydrogens is 280 g/mol. The lowest BCUT2D eigenvalue weighted by molar-refractivity contribution is 1.14. The van der Waals surface area contributed by atoms with E-state index in [9.17, 15) is 0 Å². The van der Waals surface area contributed by atoms with E-state index in [0.29, 0.717) is 0 Å². The van der Waals surface area contributed by atoms with Crippen molar-refractivity contribution in [2.45, 2.75) is 20.4 Å². The van der Waals surface area contributed by atoms with Crippen LogP contribution in [-0.4, -0.2) is 4.98 Å². The Morgan fingerprint density at radius 2 is 1.90 bits per heavy atom. The van der Waals surface area contributed by atoms with Gasteiger partial charge in [0.1, 0.15) is 0 Å². The lowest BCUT2D eigenvalue weighted by Gasteiger charge is -2.12. The summed E-state index contributed by atoms with van der Waals surface area (Å²) in [7, 11) is 0. The number of hydrogen-bond acceptors (Lipinski definition) is 2. The summed E-state index contributed by atoms with van der Waals surface area (Å²) in [5, 5.41) is 5.34. The van der Waals surface area contributed by atoms with Crippen LogP contribution < -0.4 is 5.32 Å². The van der Waals surface area contributed by atoms with Gasteiger partial charge in [0, 0.05) is 17.6 Å². The first-order valence-electron chi connectivity index (χ1n) is 6.99. The molecule has 0 spiro atoms. The molecule has 3 heteroatoms. The molecule has 0 aliphatic heterocycles. The number of fused-ring (bicyclic) bond motifs is 1. The van der Waals surface area contributed by atoms with Gasteiger partial charge in [-0.3, -0.25) is 4.98 Å². The molecule has 3 aromatic rings. The van der Waals surface area contributed by atoms with E-state index in [1.165, 1.54) is 5.56 Å². The largest absolute Gasteiger partial charge is 0.380 e. The summed E-state index contributed by atoms with van der Waals surface area (Å²) in [6.07, 6.45) is 0. The molecule has 0 saturated carbocycles. The molecule has 3 rings (SSSR count). The number of nitrogens with one attached hydrogen (secondary N) is 1. The molecular formula is C18H17ClN2. The van der Waals surface area contributed by atoms with Gasteiger partial charge in [-0.1, -0.05) is 35.9 Å². The molecule has 2 aromatic carbocycles. The SMILES string of the molecule is Cc1ccc2cc(CNc3c(C)cccc3Cl)ccc2n1. The van der Waals surface area contributed by atoms with E-state index in [1.807, 2.05) is 25.1 Å². The van der Waals surface area contributed by atoms with Crippen LogP contribution in [0.15, 0.2) is 48.5 Å². The fraction of sp³-hybridized carbons (Fsp3) is 0.167. The number of aryl methyl sites for hydroxylation is 2. The second-order valence-corrected chi connectivity index (χ2v) is 5.67. The topological polar surface area (TPSA) is 24.9 Å². The summed E-state index contributed by atoms with van der Waals surface area (Å²) < 4.78 is 0. The van der Waals surface area contributed by atoms with Gasteiger partial charge in [-0.2, -0.15) is 0 Å². The van der Waals surface area contributed by atoms with E-state index >= 15 is 0 Å². The van der Waals surface area contributed by atoms with Crippen LogP contribution in [0.25, 0.3) is 10.9 Å². The molecule has 1 heterocycles. The quantitative estimate of drug-likeness (QED) is 0.726. The Hall–Kier alpha value is -2.06. The van der Waals surface area contributed by atoms with Crippen molar-refractivity contribution in [3.05, 3.63) is 70.4 Å². The molecule has 0 fully saturated rings. The van der Waals surface area contributed by atoms with Crippen LogP contribution in [0.2, 0.25) is 5.02 Å². The zero-order valence-corrected chi connectivity index (χ0v) is 12.9. The lowest BCUT2D eigenvalue weighted by atomic mass is 10.1. The second-order valence-electron chi connectivity index (χ2n) is 5.26. The van der Waals surface area contributed by atoms with Gasteiger partial charge in [-0.05, 0) is 49.2 Å². The maximum absolute atomic E-state index is 6.24. The number of hydrogen-bond donors (Lipinski definition) is 1. The number of nitrogens with zero attached hydrogens (tertiary/aromatic N) is 1. The highest BCUT2D eigenvalue weighted by atomic mass is 35.5. The van der Waals surface area contributed by atoms with Crippen LogP contribution in [0.1, 0.15) is 16.8 Å². The molecule has 0 atom stereocenters. The van der Waals surface area contributed by atoms with Crippen LogP contribution in [0, 0.1) is 13.8 Å². The number of anilines is 1. The third kappa shape index (κ3) is 3.01. The fourth-order valence-electron chi connectivity index (χ4n) is 2.43. The Morgan fingerprint density at radius 1 is 1.05 bits per heavy atom. The summed E-state index contributed by atoms with van der Waals surface area (Å²) in [5.41, 5.74) is 5.45. The zero-order chi connectivity index (χ0) is 14.8. The van der Waals surface area contributed by atoms with E-state index < -0.39 is 0 Å². The van der Waals surface area contributed by atoms with Crippen molar-refractivity contribution in [1.82, 2.24) is 4.98 Å². The van der Waals surface area contributed by atoms with Gasteiger partial charge in [0.15, 0.2) is 0 Å². The molecule has 0 radical (unpaired) electrons. The molecule has 106 valence electrons. The van der Waals surface area contributed by atoms with Crippen molar-refractivity contribution in [1.29, 1.82) is 0 Å². The minimum Gasteiger partial charge on any atom is -0.380 e. The molecule has 2 nitrogen and oxygen atoms in total. The van der Waals surface area contributed by atoms with Crippen LogP contribution in [-0.2, 0) is 6.54 Å². The first-order chi connectivity index (χ1) is 10.1. The number of para-hydroxylation sites is 1. The van der Waals surface area contributed by atoms with Crippen LogP contribution in [0.3, 0.4) is 0 Å². The Labute approximate surface area is 129 Å². The predicted octanol–water partition coefficient (Wildman–Crippen LogP) is 5.12. The maximum Gasteiger partial charge on any atom is 0.0705 e. The highest BCUT2D eigenvalue weighted by molar-refractivity contribution is 6.33. The van der Waals surface area contributed by atoms with Gasteiger partial charge in [0.2, 0.25) is 0 Å². The predicted molar refractivity (Wildman–Crippen MR) is 90.0 cm³/mol. The highest BCUT2D eigenvalue weighted by Crippen LogP contribution is 2.26. The van der Waals surface area contributed by atoms with Crippen molar-refractivity contribution >= 4 is 28.2 Å². The van der Waals surface area contributed by atoms with E-state index in [4.69, 9.17) is 11.6 Å². The molecule has 0 aliphatic rings. The Bertz CT molecular complexity index is 776. The van der Waals surface area contributed by atoms with Gasteiger partial charge >= 0.3 is 0 Å². The number of aromatic nitrogens is 1. The molecule has 0 unspecified atom stereocenters. The molecule has 21 heavy (non-hydrogen) atoms. The number of benzene rings is 2. The molecule has 0 amide bonds. The summed E-state index contributed by atoms with van der Waals surface area (Å²) in [5.74, 6) is 0. The van der Waals surface area contributed by atoms with E-state index in [0.717, 1.165) is 39.4 Å². The Kier molecular flexibility index (Phi) is 3.80. The monoisotopic (exact) mass is 296 g/mol. The third-order valence-electron chi connectivity index (χ3n) is 3.58. The maximum atomic E-state index is 6.24. The van der Waals surface area contributed by atoms with Gasteiger partial charge in [-0.25, -0.2) is 0 Å². The number of rotatable bonds is 3. The van der Waals surface area contributed by atoms with Gasteiger partial charge < -0.3 is 5.32 Å².